The number of hydrogen-bond acceptors (Lipinski definition) is 3. The summed E-state index contributed by atoms with van der Waals surface area (Å²) in [5.74, 6) is 0.884. The molecule has 0 fully saturated rings. The predicted octanol–water partition coefficient (Wildman–Crippen LogP) is 5.58. The summed E-state index contributed by atoms with van der Waals surface area (Å²) in [6.07, 6.45) is 3.79. The topological polar surface area (TPSA) is 67.2 Å². The summed E-state index contributed by atoms with van der Waals surface area (Å²) in [5.41, 5.74) is 0.537. The van der Waals surface area contributed by atoms with Gasteiger partial charge in [-0.05, 0) is 39.5 Å². The van der Waals surface area contributed by atoms with Crippen LogP contribution in [0.4, 0.5) is 5.82 Å². The van der Waals surface area contributed by atoms with E-state index in [-0.39, 0.29) is 35.2 Å². The first-order valence-corrected chi connectivity index (χ1v) is 11.9. The molecule has 0 aliphatic heterocycles. The Hall–Kier alpha value is -1.85. The van der Waals surface area contributed by atoms with Crippen molar-refractivity contribution in [3.8, 4) is 0 Å². The quantitative estimate of drug-likeness (QED) is 0.523. The van der Waals surface area contributed by atoms with Crippen LogP contribution in [-0.2, 0) is 20.5 Å². The largest absolute Gasteiger partial charge is 0.333 e. The van der Waals surface area contributed by atoms with Crippen molar-refractivity contribution >= 4 is 17.6 Å². The van der Waals surface area contributed by atoms with Gasteiger partial charge in [-0.15, -0.1) is 0 Å². The van der Waals surface area contributed by atoms with Crippen molar-refractivity contribution in [2.24, 2.45) is 11.8 Å². The molecular weight excluding hydrogens is 388 g/mol. The molecule has 178 valence electrons. The van der Waals surface area contributed by atoms with Gasteiger partial charge in [0.2, 0.25) is 11.8 Å². The molecule has 1 rings (SSSR count). The second-order valence-electron chi connectivity index (χ2n) is 11.2. The first-order chi connectivity index (χ1) is 14.2. The van der Waals surface area contributed by atoms with Gasteiger partial charge in [0, 0.05) is 23.9 Å². The first kappa shape index (κ1) is 27.2. The fourth-order valence-electron chi connectivity index (χ4n) is 3.59. The normalized spacial score (nSPS) is 13.4. The standard InChI is InChI=1S/C25H46N4O2/c1-11-13-14-19(12-2)23(31)28(16-18(3)4)17-22(30)26-21-15-20(24(5,6)7)27-29(21)25(8,9)10/h15,18-19H,11-14,16-17H2,1-10H3,(H,26,30). The molecule has 0 radical (unpaired) electrons. The van der Waals surface area contributed by atoms with Crippen LogP contribution >= 0.6 is 0 Å². The number of anilines is 1. The van der Waals surface area contributed by atoms with E-state index < -0.39 is 0 Å². The lowest BCUT2D eigenvalue weighted by atomic mass is 9.92. The number of hydrogen-bond donors (Lipinski definition) is 1. The van der Waals surface area contributed by atoms with Crippen LogP contribution < -0.4 is 5.32 Å². The summed E-state index contributed by atoms with van der Waals surface area (Å²) in [6, 6.07) is 1.95. The minimum atomic E-state index is -0.271. The van der Waals surface area contributed by atoms with Crippen LogP contribution in [-0.4, -0.2) is 39.6 Å². The highest BCUT2D eigenvalue weighted by molar-refractivity contribution is 5.94. The van der Waals surface area contributed by atoms with Crippen LogP contribution in [0.2, 0.25) is 0 Å². The van der Waals surface area contributed by atoms with Crippen LogP contribution in [0.5, 0.6) is 0 Å². The van der Waals surface area contributed by atoms with E-state index in [1.807, 2.05) is 10.7 Å². The Morgan fingerprint density at radius 3 is 2.19 bits per heavy atom. The van der Waals surface area contributed by atoms with Crippen LogP contribution in [0.3, 0.4) is 0 Å². The number of nitrogens with one attached hydrogen (secondary N) is 1. The highest BCUT2D eigenvalue weighted by Gasteiger charge is 2.28. The van der Waals surface area contributed by atoms with E-state index in [0.717, 1.165) is 31.4 Å². The molecule has 0 aliphatic carbocycles. The summed E-state index contributed by atoms with van der Waals surface area (Å²) in [7, 11) is 0. The summed E-state index contributed by atoms with van der Waals surface area (Å²) in [6.45, 7) is 21.5. The lowest BCUT2D eigenvalue weighted by molar-refractivity contribution is -0.139. The zero-order chi connectivity index (χ0) is 24.0. The Kier molecular flexibility index (Phi) is 9.77. The average molecular weight is 435 g/mol. The molecule has 6 heteroatoms. The van der Waals surface area contributed by atoms with Gasteiger partial charge in [-0.3, -0.25) is 9.59 Å². The Morgan fingerprint density at radius 2 is 1.74 bits per heavy atom. The third-order valence-corrected chi connectivity index (χ3v) is 5.36. The van der Waals surface area contributed by atoms with Crippen molar-refractivity contribution in [2.45, 2.75) is 106 Å². The van der Waals surface area contributed by atoms with Crippen LogP contribution in [0, 0.1) is 11.8 Å². The Morgan fingerprint density at radius 1 is 1.13 bits per heavy atom. The van der Waals surface area contributed by atoms with Gasteiger partial charge in [-0.1, -0.05) is 61.3 Å². The smallest absolute Gasteiger partial charge is 0.245 e. The fraction of sp³-hybridized carbons (Fsp3) is 0.800. The molecule has 2 amide bonds. The Balaban J connectivity index is 3.07. The number of carbonyl (C=O) groups is 2. The lowest BCUT2D eigenvalue weighted by Crippen LogP contribution is -2.43. The van der Waals surface area contributed by atoms with Gasteiger partial charge in [0.05, 0.1) is 17.8 Å². The highest BCUT2D eigenvalue weighted by atomic mass is 16.2. The Labute approximate surface area is 190 Å². The monoisotopic (exact) mass is 434 g/mol. The van der Waals surface area contributed by atoms with Gasteiger partial charge in [-0.25, -0.2) is 4.68 Å². The maximum Gasteiger partial charge on any atom is 0.245 e. The molecule has 31 heavy (non-hydrogen) atoms. The van der Waals surface area contributed by atoms with Crippen molar-refractivity contribution in [3.63, 3.8) is 0 Å². The van der Waals surface area contributed by atoms with E-state index in [0.29, 0.717) is 18.3 Å². The van der Waals surface area contributed by atoms with Gasteiger partial charge in [0.15, 0.2) is 0 Å². The molecule has 1 aromatic rings. The molecule has 1 unspecified atom stereocenters. The van der Waals surface area contributed by atoms with Crippen molar-refractivity contribution in [3.05, 3.63) is 11.8 Å². The molecule has 1 aromatic heterocycles. The van der Waals surface area contributed by atoms with E-state index in [1.54, 1.807) is 4.90 Å². The van der Waals surface area contributed by atoms with E-state index in [2.05, 4.69) is 74.6 Å². The van der Waals surface area contributed by atoms with Crippen LogP contribution in [0.1, 0.15) is 101 Å². The van der Waals surface area contributed by atoms with E-state index in [1.165, 1.54) is 0 Å². The van der Waals surface area contributed by atoms with Gasteiger partial charge in [0.25, 0.3) is 0 Å². The summed E-state index contributed by atoms with van der Waals surface area (Å²) < 4.78 is 1.87. The Bertz CT molecular complexity index is 723. The number of aromatic nitrogens is 2. The molecule has 0 spiro atoms. The maximum absolute atomic E-state index is 13.2. The van der Waals surface area contributed by atoms with Gasteiger partial charge in [-0.2, -0.15) is 5.10 Å². The number of amides is 2. The SMILES string of the molecule is CCCCC(CC)C(=O)N(CC(=O)Nc1cc(C(C)(C)C)nn1C(C)(C)C)CC(C)C. The van der Waals surface area contributed by atoms with E-state index in [9.17, 15) is 9.59 Å². The minimum Gasteiger partial charge on any atom is -0.333 e. The third kappa shape index (κ3) is 8.30. The number of unbranched alkanes of at least 4 members (excludes halogenated alkanes) is 1. The van der Waals surface area contributed by atoms with Crippen LogP contribution in [0.25, 0.3) is 0 Å². The summed E-state index contributed by atoms with van der Waals surface area (Å²) >= 11 is 0. The average Bonchev–Trinajstić information content (AvgIpc) is 3.05. The lowest BCUT2D eigenvalue weighted by Gasteiger charge is -2.28. The van der Waals surface area contributed by atoms with Crippen molar-refractivity contribution < 1.29 is 9.59 Å². The van der Waals surface area contributed by atoms with Gasteiger partial charge in [0.1, 0.15) is 5.82 Å². The molecule has 1 heterocycles. The van der Waals surface area contributed by atoms with Crippen molar-refractivity contribution in [2.75, 3.05) is 18.4 Å². The van der Waals surface area contributed by atoms with E-state index in [4.69, 9.17) is 5.10 Å². The number of carbonyl (C=O) groups excluding carboxylic acids is 2. The number of rotatable bonds is 10. The second kappa shape index (κ2) is 11.1. The molecule has 1 atom stereocenters. The molecule has 6 nitrogen and oxygen atoms in total. The molecule has 0 saturated carbocycles. The van der Waals surface area contributed by atoms with Crippen molar-refractivity contribution in [1.82, 2.24) is 14.7 Å². The van der Waals surface area contributed by atoms with Crippen LogP contribution in [0.15, 0.2) is 6.07 Å². The molecular formula is C25H46N4O2. The summed E-state index contributed by atoms with van der Waals surface area (Å²) in [5, 5.41) is 7.80. The third-order valence-electron chi connectivity index (χ3n) is 5.36. The molecule has 0 aliphatic rings. The fourth-order valence-corrected chi connectivity index (χ4v) is 3.59. The zero-order valence-electron chi connectivity index (χ0n) is 21.6. The van der Waals surface area contributed by atoms with E-state index >= 15 is 0 Å². The second-order valence-corrected chi connectivity index (χ2v) is 11.2. The molecule has 0 aromatic carbocycles. The molecule has 1 N–H and O–H groups in total. The zero-order valence-corrected chi connectivity index (χ0v) is 21.6. The van der Waals surface area contributed by atoms with Gasteiger partial charge >= 0.3 is 0 Å². The minimum absolute atomic E-state index is 0.0147. The van der Waals surface area contributed by atoms with Crippen molar-refractivity contribution in [1.29, 1.82) is 0 Å². The maximum atomic E-state index is 13.2. The number of nitrogens with zero attached hydrogens (tertiary/aromatic N) is 3. The highest BCUT2D eigenvalue weighted by Crippen LogP contribution is 2.28. The summed E-state index contributed by atoms with van der Waals surface area (Å²) in [4.78, 5) is 28.0. The van der Waals surface area contributed by atoms with Gasteiger partial charge < -0.3 is 10.2 Å². The molecule has 0 saturated heterocycles. The first-order valence-electron chi connectivity index (χ1n) is 11.9. The molecule has 0 bridgehead atoms. The predicted molar refractivity (Wildman–Crippen MR) is 129 cm³/mol.